The number of aryl methyl sites for hydroxylation is 3. The van der Waals surface area contributed by atoms with Crippen molar-refractivity contribution in [2.45, 2.75) is 46.0 Å². The minimum atomic E-state index is -0.585. The molecule has 2 aromatic rings. The first kappa shape index (κ1) is 15.7. The first-order valence-electron chi connectivity index (χ1n) is 8.07. The Kier molecular flexibility index (Phi) is 3.92. The van der Waals surface area contributed by atoms with Gasteiger partial charge in [0.1, 0.15) is 11.6 Å². The van der Waals surface area contributed by atoms with Crippen LogP contribution in [0.25, 0.3) is 0 Å². The van der Waals surface area contributed by atoms with Gasteiger partial charge in [-0.3, -0.25) is 4.79 Å². The molecule has 0 amide bonds. The summed E-state index contributed by atoms with van der Waals surface area (Å²) < 4.78 is 5.54. The summed E-state index contributed by atoms with van der Waals surface area (Å²) in [6.45, 7) is 8.40. The molecular weight excluding hydrogens is 288 g/mol. The maximum Gasteiger partial charge on any atom is 0.174 e. The summed E-state index contributed by atoms with van der Waals surface area (Å²) >= 11 is 0. The number of hydrogen-bond donors (Lipinski definition) is 0. The van der Waals surface area contributed by atoms with Gasteiger partial charge in [0.15, 0.2) is 5.78 Å². The predicted octanol–water partition coefficient (Wildman–Crippen LogP) is 3.58. The molecule has 4 heteroatoms. The van der Waals surface area contributed by atoms with Crippen molar-refractivity contribution in [2.75, 3.05) is 6.61 Å². The van der Waals surface area contributed by atoms with Crippen molar-refractivity contribution in [2.24, 2.45) is 0 Å². The van der Waals surface area contributed by atoms with Crippen molar-refractivity contribution < 1.29 is 9.53 Å². The molecule has 4 nitrogen and oxygen atoms in total. The van der Waals surface area contributed by atoms with Crippen LogP contribution in [0, 0.1) is 13.8 Å². The summed E-state index contributed by atoms with van der Waals surface area (Å²) in [6.07, 6.45) is 1.60. The number of ketones is 1. The second kappa shape index (κ2) is 5.76. The molecular formula is C19H22N2O2. The Hall–Kier alpha value is -2.23. The van der Waals surface area contributed by atoms with Gasteiger partial charge < -0.3 is 4.74 Å². The second-order valence-electron chi connectivity index (χ2n) is 6.35. The number of carbonyl (C=O) groups is 1. The maximum absolute atomic E-state index is 13.1. The summed E-state index contributed by atoms with van der Waals surface area (Å²) in [4.78, 5) is 22.0. The van der Waals surface area contributed by atoms with E-state index in [0.29, 0.717) is 12.4 Å². The van der Waals surface area contributed by atoms with E-state index in [1.807, 2.05) is 52.0 Å². The van der Waals surface area contributed by atoms with Gasteiger partial charge in [-0.15, -0.1) is 0 Å². The van der Waals surface area contributed by atoms with Gasteiger partial charge >= 0.3 is 0 Å². The maximum atomic E-state index is 13.1. The number of aromatic nitrogens is 2. The molecule has 120 valence electrons. The summed E-state index contributed by atoms with van der Waals surface area (Å²) in [6, 6.07) is 7.70. The van der Waals surface area contributed by atoms with Gasteiger partial charge in [-0.05, 0) is 70.4 Å². The summed E-state index contributed by atoms with van der Waals surface area (Å²) in [5.41, 5.74) is 3.00. The number of ether oxygens (including phenoxy) is 1. The minimum absolute atomic E-state index is 0.138. The first-order chi connectivity index (χ1) is 10.9. The predicted molar refractivity (Wildman–Crippen MR) is 89.1 cm³/mol. The van der Waals surface area contributed by atoms with Crippen LogP contribution in [0.15, 0.2) is 24.3 Å². The standard InChI is InChI=1S/C19H22N2O2/c1-5-23-15-6-7-16-14(11-15)8-9-19(4,18(16)22)17-10-12(2)20-13(3)21-17/h6-7,10-11H,5,8-9H2,1-4H3. The molecule has 0 saturated carbocycles. The molecule has 0 saturated heterocycles. The smallest absolute Gasteiger partial charge is 0.174 e. The molecule has 0 aliphatic heterocycles. The van der Waals surface area contributed by atoms with Crippen molar-refractivity contribution in [1.82, 2.24) is 9.97 Å². The molecule has 1 aliphatic rings. The number of nitrogens with zero attached hydrogens (tertiary/aromatic N) is 2. The third kappa shape index (κ3) is 2.74. The van der Waals surface area contributed by atoms with Crippen molar-refractivity contribution in [1.29, 1.82) is 0 Å². The van der Waals surface area contributed by atoms with Crippen LogP contribution >= 0.6 is 0 Å². The Morgan fingerprint density at radius 1 is 1.22 bits per heavy atom. The Balaban J connectivity index is 2.02. The molecule has 1 atom stereocenters. The van der Waals surface area contributed by atoms with Gasteiger partial charge in [-0.1, -0.05) is 0 Å². The zero-order valence-corrected chi connectivity index (χ0v) is 14.1. The highest BCUT2D eigenvalue weighted by molar-refractivity contribution is 6.05. The van der Waals surface area contributed by atoms with Crippen LogP contribution in [-0.4, -0.2) is 22.4 Å². The van der Waals surface area contributed by atoms with E-state index in [0.717, 1.165) is 41.1 Å². The van der Waals surface area contributed by atoms with E-state index >= 15 is 0 Å². The van der Waals surface area contributed by atoms with Gasteiger partial charge in [0.25, 0.3) is 0 Å². The molecule has 3 rings (SSSR count). The highest BCUT2D eigenvalue weighted by Gasteiger charge is 2.41. The molecule has 0 N–H and O–H groups in total. The molecule has 0 spiro atoms. The topological polar surface area (TPSA) is 52.1 Å². The van der Waals surface area contributed by atoms with Gasteiger partial charge in [0, 0.05) is 11.3 Å². The van der Waals surface area contributed by atoms with E-state index in [-0.39, 0.29) is 5.78 Å². The lowest BCUT2D eigenvalue weighted by molar-refractivity contribution is 0.0871. The van der Waals surface area contributed by atoms with Crippen LogP contribution in [-0.2, 0) is 11.8 Å². The number of fused-ring (bicyclic) bond motifs is 1. The average molecular weight is 310 g/mol. The quantitative estimate of drug-likeness (QED) is 0.869. The summed E-state index contributed by atoms with van der Waals surface area (Å²) in [5, 5.41) is 0. The lowest BCUT2D eigenvalue weighted by Crippen LogP contribution is -2.38. The number of benzene rings is 1. The molecule has 1 unspecified atom stereocenters. The largest absolute Gasteiger partial charge is 0.494 e. The van der Waals surface area contributed by atoms with E-state index in [9.17, 15) is 4.79 Å². The van der Waals surface area contributed by atoms with Gasteiger partial charge in [0.2, 0.25) is 0 Å². The monoisotopic (exact) mass is 310 g/mol. The average Bonchev–Trinajstić information content (AvgIpc) is 2.50. The zero-order chi connectivity index (χ0) is 16.6. The fourth-order valence-electron chi connectivity index (χ4n) is 3.29. The molecule has 1 aromatic carbocycles. The van der Waals surface area contributed by atoms with E-state index in [4.69, 9.17) is 4.74 Å². The van der Waals surface area contributed by atoms with E-state index < -0.39 is 5.41 Å². The van der Waals surface area contributed by atoms with Gasteiger partial charge in [-0.2, -0.15) is 0 Å². The highest BCUT2D eigenvalue weighted by Crippen LogP contribution is 2.38. The van der Waals surface area contributed by atoms with E-state index in [1.54, 1.807) is 0 Å². The fraction of sp³-hybridized carbons (Fsp3) is 0.421. The normalized spacial score (nSPS) is 20.3. The number of carbonyl (C=O) groups excluding carboxylic acids is 1. The molecule has 1 aliphatic carbocycles. The molecule has 1 heterocycles. The first-order valence-corrected chi connectivity index (χ1v) is 8.07. The minimum Gasteiger partial charge on any atom is -0.494 e. The highest BCUT2D eigenvalue weighted by atomic mass is 16.5. The molecule has 23 heavy (non-hydrogen) atoms. The Labute approximate surface area is 136 Å². The number of hydrogen-bond acceptors (Lipinski definition) is 4. The summed E-state index contributed by atoms with van der Waals surface area (Å²) in [5.74, 6) is 1.68. The number of rotatable bonds is 3. The third-order valence-electron chi connectivity index (χ3n) is 4.56. The van der Waals surface area contributed by atoms with Crippen LogP contribution in [0.4, 0.5) is 0 Å². The molecule has 0 bridgehead atoms. The summed E-state index contributed by atoms with van der Waals surface area (Å²) in [7, 11) is 0. The van der Waals surface area contributed by atoms with Crippen LogP contribution in [0.3, 0.4) is 0 Å². The van der Waals surface area contributed by atoms with Crippen LogP contribution < -0.4 is 4.74 Å². The molecule has 1 aromatic heterocycles. The SMILES string of the molecule is CCOc1ccc2c(c1)CCC(C)(c1cc(C)nc(C)n1)C2=O. The van der Waals surface area contributed by atoms with Crippen molar-refractivity contribution in [3.05, 3.63) is 52.6 Å². The number of Topliss-reactive ketones (excluding diaryl/α,β-unsaturated/α-hetero) is 1. The fourth-order valence-corrected chi connectivity index (χ4v) is 3.29. The van der Waals surface area contributed by atoms with Crippen LogP contribution in [0.2, 0.25) is 0 Å². The molecule has 0 fully saturated rings. The van der Waals surface area contributed by atoms with Crippen LogP contribution in [0.1, 0.15) is 53.4 Å². The lowest BCUT2D eigenvalue weighted by Gasteiger charge is -2.33. The Morgan fingerprint density at radius 3 is 2.70 bits per heavy atom. The van der Waals surface area contributed by atoms with Crippen molar-refractivity contribution >= 4 is 5.78 Å². The third-order valence-corrected chi connectivity index (χ3v) is 4.56. The van der Waals surface area contributed by atoms with Gasteiger partial charge in [0.05, 0.1) is 17.7 Å². The van der Waals surface area contributed by atoms with Crippen LogP contribution in [0.5, 0.6) is 5.75 Å². The van der Waals surface area contributed by atoms with E-state index in [1.165, 1.54) is 0 Å². The Bertz CT molecular complexity index is 750. The lowest BCUT2D eigenvalue weighted by atomic mass is 9.69. The van der Waals surface area contributed by atoms with Crippen molar-refractivity contribution in [3.63, 3.8) is 0 Å². The van der Waals surface area contributed by atoms with E-state index in [2.05, 4.69) is 9.97 Å². The second-order valence-corrected chi connectivity index (χ2v) is 6.35. The van der Waals surface area contributed by atoms with Gasteiger partial charge in [-0.25, -0.2) is 9.97 Å². The zero-order valence-electron chi connectivity index (χ0n) is 14.1. The Morgan fingerprint density at radius 2 is 2.00 bits per heavy atom. The van der Waals surface area contributed by atoms with Crippen molar-refractivity contribution in [3.8, 4) is 5.75 Å². The molecule has 0 radical (unpaired) electrons.